The molecule has 3 aliphatic heterocycles. The van der Waals surface area contributed by atoms with E-state index in [1.54, 1.807) is 0 Å². The van der Waals surface area contributed by atoms with E-state index in [0.717, 1.165) is 18.5 Å². The van der Waals surface area contributed by atoms with E-state index in [9.17, 15) is 9.59 Å². The summed E-state index contributed by atoms with van der Waals surface area (Å²) in [7, 11) is 0. The first kappa shape index (κ1) is 20.8. The SMILES string of the molecule is CC1=C(CC(=O)N[C@@H](C)C2NCC(C#N)NC2C)C(=O)NC2CCNC(C)C12. The first-order chi connectivity index (χ1) is 13.3. The molecular weight excluding hydrogens is 356 g/mol. The third-order valence-electron chi connectivity index (χ3n) is 6.44. The number of nitriles is 1. The number of fused-ring (bicyclic) bond motifs is 1. The van der Waals surface area contributed by atoms with Gasteiger partial charge in [0.25, 0.3) is 0 Å². The highest BCUT2D eigenvalue weighted by Crippen LogP contribution is 2.32. The highest BCUT2D eigenvalue weighted by Gasteiger charge is 2.39. The quantitative estimate of drug-likeness (QED) is 0.445. The Balaban J connectivity index is 1.63. The Labute approximate surface area is 166 Å². The molecule has 6 unspecified atom stereocenters. The monoisotopic (exact) mass is 388 g/mol. The van der Waals surface area contributed by atoms with Crippen molar-refractivity contribution in [3.05, 3.63) is 11.1 Å². The summed E-state index contributed by atoms with van der Waals surface area (Å²) in [4.78, 5) is 25.3. The number of amides is 2. The van der Waals surface area contributed by atoms with Crippen LogP contribution in [0.15, 0.2) is 11.1 Å². The van der Waals surface area contributed by atoms with Gasteiger partial charge < -0.3 is 21.3 Å². The van der Waals surface area contributed by atoms with E-state index in [-0.39, 0.29) is 60.4 Å². The van der Waals surface area contributed by atoms with Crippen LogP contribution in [0, 0.1) is 17.2 Å². The Bertz CT molecular complexity index is 699. The standard InChI is InChI=1S/C20H32N6O2/c1-10-15(20(28)26-16-5-6-22-11(2)18(10)16)7-17(27)25-13(4)19-12(3)24-14(8-21)9-23-19/h11-14,16,18-19,22-24H,5-7,9H2,1-4H3,(H,25,27)(H,26,28)/t11?,12?,13-,14?,16?,18?,19?/m0/s1. The van der Waals surface area contributed by atoms with Crippen LogP contribution in [0.4, 0.5) is 0 Å². The number of nitrogens with one attached hydrogen (secondary N) is 5. The molecule has 0 bridgehead atoms. The maximum absolute atomic E-state index is 12.7. The third kappa shape index (κ3) is 4.22. The molecule has 28 heavy (non-hydrogen) atoms. The Kier molecular flexibility index (Phi) is 6.38. The maximum Gasteiger partial charge on any atom is 0.247 e. The number of carbonyl (C=O) groups is 2. The van der Waals surface area contributed by atoms with Crippen LogP contribution in [-0.2, 0) is 9.59 Å². The van der Waals surface area contributed by atoms with Crippen LogP contribution < -0.4 is 26.6 Å². The molecule has 5 N–H and O–H groups in total. The molecule has 8 nitrogen and oxygen atoms in total. The third-order valence-corrected chi connectivity index (χ3v) is 6.44. The van der Waals surface area contributed by atoms with Gasteiger partial charge in [0.05, 0.1) is 12.5 Å². The first-order valence-electron chi connectivity index (χ1n) is 10.2. The highest BCUT2D eigenvalue weighted by atomic mass is 16.2. The minimum Gasteiger partial charge on any atom is -0.352 e. The number of carbonyl (C=O) groups excluding carboxylic acids is 2. The molecule has 2 fully saturated rings. The molecule has 3 rings (SSSR count). The van der Waals surface area contributed by atoms with Crippen LogP contribution in [0.1, 0.15) is 40.5 Å². The maximum atomic E-state index is 12.7. The molecule has 0 radical (unpaired) electrons. The minimum atomic E-state index is -0.216. The van der Waals surface area contributed by atoms with E-state index in [1.807, 2.05) is 20.8 Å². The van der Waals surface area contributed by atoms with Crippen molar-refractivity contribution in [3.8, 4) is 6.07 Å². The predicted molar refractivity (Wildman–Crippen MR) is 106 cm³/mol. The predicted octanol–water partition coefficient (Wildman–Crippen LogP) is -0.464. The molecule has 3 aliphatic rings. The molecule has 8 heteroatoms. The van der Waals surface area contributed by atoms with E-state index in [4.69, 9.17) is 5.26 Å². The Hall–Kier alpha value is -1.95. The summed E-state index contributed by atoms with van der Waals surface area (Å²) in [5.41, 5.74) is 1.62. The molecule has 0 aliphatic carbocycles. The van der Waals surface area contributed by atoms with E-state index in [1.165, 1.54) is 0 Å². The lowest BCUT2D eigenvalue weighted by Gasteiger charge is -2.42. The van der Waals surface area contributed by atoms with E-state index in [0.29, 0.717) is 12.1 Å². The summed E-state index contributed by atoms with van der Waals surface area (Å²) in [6.07, 6.45) is 1.00. The Morgan fingerprint density at radius 2 is 2.07 bits per heavy atom. The zero-order chi connectivity index (χ0) is 20.4. The van der Waals surface area contributed by atoms with Crippen LogP contribution in [0.3, 0.4) is 0 Å². The van der Waals surface area contributed by atoms with Gasteiger partial charge in [0.2, 0.25) is 11.8 Å². The Morgan fingerprint density at radius 1 is 1.32 bits per heavy atom. The number of piperazine rings is 1. The fraction of sp³-hybridized carbons (Fsp3) is 0.750. The smallest absolute Gasteiger partial charge is 0.247 e. The van der Waals surface area contributed by atoms with Gasteiger partial charge >= 0.3 is 0 Å². The number of hydrogen-bond donors (Lipinski definition) is 5. The molecule has 0 saturated carbocycles. The van der Waals surface area contributed by atoms with E-state index >= 15 is 0 Å². The Morgan fingerprint density at radius 3 is 2.75 bits per heavy atom. The lowest BCUT2D eigenvalue weighted by molar-refractivity contribution is -0.124. The van der Waals surface area contributed by atoms with E-state index < -0.39 is 0 Å². The van der Waals surface area contributed by atoms with Crippen LogP contribution in [0.2, 0.25) is 0 Å². The van der Waals surface area contributed by atoms with Gasteiger partial charge in [0.1, 0.15) is 6.04 Å². The van der Waals surface area contributed by atoms with Gasteiger partial charge in [-0.2, -0.15) is 5.26 Å². The summed E-state index contributed by atoms with van der Waals surface area (Å²) < 4.78 is 0. The summed E-state index contributed by atoms with van der Waals surface area (Å²) in [5, 5.41) is 25.2. The van der Waals surface area contributed by atoms with Gasteiger partial charge in [-0.3, -0.25) is 14.9 Å². The van der Waals surface area contributed by atoms with Gasteiger partial charge in [0.15, 0.2) is 0 Å². The molecule has 0 spiro atoms. The number of rotatable bonds is 4. The molecule has 2 saturated heterocycles. The van der Waals surface area contributed by atoms with Crippen LogP contribution >= 0.6 is 0 Å². The second-order valence-corrected chi connectivity index (χ2v) is 8.40. The largest absolute Gasteiger partial charge is 0.352 e. The second-order valence-electron chi connectivity index (χ2n) is 8.40. The van der Waals surface area contributed by atoms with Gasteiger partial charge in [-0.15, -0.1) is 0 Å². The van der Waals surface area contributed by atoms with Crippen LogP contribution in [0.5, 0.6) is 0 Å². The van der Waals surface area contributed by atoms with Gasteiger partial charge in [-0.1, -0.05) is 5.57 Å². The lowest BCUT2D eigenvalue weighted by atomic mass is 9.76. The summed E-state index contributed by atoms with van der Waals surface area (Å²) >= 11 is 0. The van der Waals surface area contributed by atoms with Crippen LogP contribution in [0.25, 0.3) is 0 Å². The second kappa shape index (κ2) is 8.60. The van der Waals surface area contributed by atoms with Gasteiger partial charge in [-0.05, 0) is 40.7 Å². The molecule has 2 amide bonds. The molecule has 154 valence electrons. The van der Waals surface area contributed by atoms with Crippen molar-refractivity contribution >= 4 is 11.8 Å². The van der Waals surface area contributed by atoms with Crippen molar-refractivity contribution in [3.63, 3.8) is 0 Å². The van der Waals surface area contributed by atoms with Crippen molar-refractivity contribution in [2.45, 2.75) is 76.8 Å². The molecule has 3 heterocycles. The van der Waals surface area contributed by atoms with Crippen molar-refractivity contribution in [2.24, 2.45) is 5.92 Å². The molecule has 0 aromatic rings. The first-order valence-corrected chi connectivity index (χ1v) is 10.2. The fourth-order valence-electron chi connectivity index (χ4n) is 4.97. The number of nitrogens with zero attached hydrogens (tertiary/aromatic N) is 1. The number of piperidine rings is 1. The van der Waals surface area contributed by atoms with Crippen molar-refractivity contribution in [1.82, 2.24) is 26.6 Å². The summed E-state index contributed by atoms with van der Waals surface area (Å²) in [6.45, 7) is 9.52. The normalized spacial score (nSPS) is 36.8. The van der Waals surface area contributed by atoms with Crippen molar-refractivity contribution < 1.29 is 9.59 Å². The average molecular weight is 389 g/mol. The highest BCUT2D eigenvalue weighted by molar-refractivity contribution is 6.00. The van der Waals surface area contributed by atoms with E-state index in [2.05, 4.69) is 39.6 Å². The van der Waals surface area contributed by atoms with Crippen molar-refractivity contribution in [1.29, 1.82) is 5.26 Å². The topological polar surface area (TPSA) is 118 Å². The zero-order valence-corrected chi connectivity index (χ0v) is 17.1. The fourth-order valence-corrected chi connectivity index (χ4v) is 4.97. The molecule has 7 atom stereocenters. The molecule has 0 aromatic carbocycles. The minimum absolute atomic E-state index is 0.0238. The van der Waals surface area contributed by atoms with Crippen LogP contribution in [-0.4, -0.2) is 61.2 Å². The summed E-state index contributed by atoms with van der Waals surface area (Å²) in [5.74, 6) is -0.0274. The molecule has 0 aromatic heterocycles. The molecular formula is C20H32N6O2. The number of hydrogen-bond acceptors (Lipinski definition) is 6. The van der Waals surface area contributed by atoms with Gasteiger partial charge in [-0.25, -0.2) is 0 Å². The lowest BCUT2D eigenvalue weighted by Crippen LogP contribution is -2.65. The van der Waals surface area contributed by atoms with Gasteiger partial charge in [0, 0.05) is 48.2 Å². The average Bonchev–Trinajstić information content (AvgIpc) is 2.64. The zero-order valence-electron chi connectivity index (χ0n) is 17.1. The summed E-state index contributed by atoms with van der Waals surface area (Å²) in [6, 6.07) is 2.39. The van der Waals surface area contributed by atoms with Crippen molar-refractivity contribution in [2.75, 3.05) is 13.1 Å².